The van der Waals surface area contributed by atoms with Crippen LogP contribution in [-0.2, 0) is 10.9 Å². The van der Waals surface area contributed by atoms with E-state index in [2.05, 4.69) is 20.9 Å². The molecule has 0 saturated heterocycles. The van der Waals surface area contributed by atoms with Crippen molar-refractivity contribution in [3.05, 3.63) is 66.2 Å². The summed E-state index contributed by atoms with van der Waals surface area (Å²) in [4.78, 5) is 12.2. The van der Waals surface area contributed by atoms with Crippen LogP contribution in [-0.4, -0.2) is 22.0 Å². The fraction of sp³-hybridized carbons (Fsp3) is 0.208. The van der Waals surface area contributed by atoms with Gasteiger partial charge < -0.3 is 10.1 Å². The lowest BCUT2D eigenvalue weighted by Gasteiger charge is -2.20. The van der Waals surface area contributed by atoms with Crippen molar-refractivity contribution in [2.45, 2.75) is 32.5 Å². The lowest BCUT2D eigenvalue weighted by Crippen LogP contribution is -2.27. The summed E-state index contributed by atoms with van der Waals surface area (Å²) in [5.74, 6) is 0. The molecule has 4 rings (SSSR count). The molecule has 1 aromatic heterocycles. The van der Waals surface area contributed by atoms with Crippen LogP contribution in [0.15, 0.2) is 65.3 Å². The Morgan fingerprint density at radius 1 is 0.882 bits per heavy atom. The molecule has 1 amide bonds. The van der Waals surface area contributed by atoms with Gasteiger partial charge in [-0.15, -0.1) is 0 Å². The van der Waals surface area contributed by atoms with Gasteiger partial charge in [0.15, 0.2) is 0 Å². The highest BCUT2D eigenvalue weighted by molar-refractivity contribution is 5.91. The quantitative estimate of drug-likeness (QED) is 0.334. The number of carbonyl (C=O) groups is 1. The van der Waals surface area contributed by atoms with Gasteiger partial charge >= 0.3 is 12.3 Å². The first kappa shape index (κ1) is 23.1. The number of amides is 1. The summed E-state index contributed by atoms with van der Waals surface area (Å²) in [5, 5.41) is 13.5. The molecule has 10 heteroatoms. The fourth-order valence-electron chi connectivity index (χ4n) is 3.24. The first-order valence-corrected chi connectivity index (χ1v) is 10.3. The zero-order chi connectivity index (χ0) is 24.5. The van der Waals surface area contributed by atoms with Crippen molar-refractivity contribution in [3.63, 3.8) is 0 Å². The molecular formula is C24H21F3N4O3. The summed E-state index contributed by atoms with van der Waals surface area (Å²) in [6.07, 6.45) is -5.03. The Morgan fingerprint density at radius 3 is 2.24 bits per heavy atom. The summed E-state index contributed by atoms with van der Waals surface area (Å²) < 4.78 is 48.8. The number of aromatic nitrogens is 2. The summed E-state index contributed by atoms with van der Waals surface area (Å²) in [7, 11) is 0. The average molecular weight is 470 g/mol. The first-order chi connectivity index (χ1) is 16.0. The first-order valence-electron chi connectivity index (χ1n) is 10.3. The largest absolute Gasteiger partial charge is 0.444 e. The van der Waals surface area contributed by atoms with Crippen LogP contribution in [0.25, 0.3) is 22.2 Å². The van der Waals surface area contributed by atoms with Crippen LogP contribution in [0.4, 0.5) is 35.0 Å². The lowest BCUT2D eigenvalue weighted by atomic mass is 10.0. The molecule has 0 radical (unpaired) electrons. The minimum atomic E-state index is -4.42. The highest BCUT2D eigenvalue weighted by Gasteiger charge is 2.30. The molecule has 0 saturated carbocycles. The Bertz CT molecular complexity index is 1330. The average Bonchev–Trinajstić information content (AvgIpc) is 3.21. The molecule has 4 aromatic rings. The number of hydrogen-bond acceptors (Lipinski definition) is 6. The minimum absolute atomic E-state index is 0.464. The summed E-state index contributed by atoms with van der Waals surface area (Å²) in [6.45, 7) is 5.28. The van der Waals surface area contributed by atoms with Crippen molar-refractivity contribution in [3.8, 4) is 11.1 Å². The van der Waals surface area contributed by atoms with Crippen LogP contribution in [0.1, 0.15) is 26.3 Å². The number of benzene rings is 3. The van der Waals surface area contributed by atoms with E-state index < -0.39 is 23.4 Å². The van der Waals surface area contributed by atoms with Crippen LogP contribution in [0, 0.1) is 0 Å². The van der Waals surface area contributed by atoms with E-state index in [0.717, 1.165) is 17.7 Å². The van der Waals surface area contributed by atoms with E-state index in [1.54, 1.807) is 57.2 Å². The molecule has 0 unspecified atom stereocenters. The van der Waals surface area contributed by atoms with Crippen LogP contribution < -0.4 is 10.6 Å². The van der Waals surface area contributed by atoms with Gasteiger partial charge in [-0.05, 0) is 91.2 Å². The van der Waals surface area contributed by atoms with E-state index in [1.165, 1.54) is 12.1 Å². The third-order valence-corrected chi connectivity index (χ3v) is 4.72. The van der Waals surface area contributed by atoms with Crippen molar-refractivity contribution in [2.24, 2.45) is 0 Å². The Hall–Kier alpha value is -4.08. The smallest absolute Gasteiger partial charge is 0.416 e. The predicted octanol–water partition coefficient (Wildman–Crippen LogP) is 7.00. The molecule has 176 valence electrons. The highest BCUT2D eigenvalue weighted by atomic mass is 19.4. The van der Waals surface area contributed by atoms with Crippen LogP contribution in [0.5, 0.6) is 0 Å². The van der Waals surface area contributed by atoms with Gasteiger partial charge in [0.05, 0.1) is 5.56 Å². The third-order valence-electron chi connectivity index (χ3n) is 4.72. The van der Waals surface area contributed by atoms with Crippen molar-refractivity contribution in [1.29, 1.82) is 0 Å². The molecule has 0 atom stereocenters. The summed E-state index contributed by atoms with van der Waals surface area (Å²) in [6, 6.07) is 15.1. The molecular weight excluding hydrogens is 449 g/mol. The van der Waals surface area contributed by atoms with Crippen molar-refractivity contribution < 1.29 is 27.3 Å². The molecule has 2 N–H and O–H groups in total. The minimum Gasteiger partial charge on any atom is -0.444 e. The van der Waals surface area contributed by atoms with E-state index >= 15 is 0 Å². The number of alkyl halides is 3. The summed E-state index contributed by atoms with van der Waals surface area (Å²) in [5.41, 5.74) is 2.63. The van der Waals surface area contributed by atoms with Gasteiger partial charge in [-0.2, -0.15) is 13.2 Å². The van der Waals surface area contributed by atoms with Crippen LogP contribution in [0.3, 0.4) is 0 Å². The second-order valence-electron chi connectivity index (χ2n) is 8.56. The van der Waals surface area contributed by atoms with Gasteiger partial charge in [-0.3, -0.25) is 5.32 Å². The monoisotopic (exact) mass is 470 g/mol. The Morgan fingerprint density at radius 2 is 1.56 bits per heavy atom. The van der Waals surface area contributed by atoms with Gasteiger partial charge in [-0.1, -0.05) is 6.07 Å². The maximum atomic E-state index is 12.9. The zero-order valence-electron chi connectivity index (χ0n) is 18.5. The molecule has 0 aliphatic carbocycles. The second kappa shape index (κ2) is 8.69. The molecule has 0 aliphatic heterocycles. The van der Waals surface area contributed by atoms with Gasteiger partial charge in [0.1, 0.15) is 16.6 Å². The lowest BCUT2D eigenvalue weighted by molar-refractivity contribution is -0.137. The normalized spacial score (nSPS) is 11.9. The summed E-state index contributed by atoms with van der Waals surface area (Å²) >= 11 is 0. The molecule has 1 heterocycles. The van der Waals surface area contributed by atoms with Gasteiger partial charge in [0.25, 0.3) is 0 Å². The van der Waals surface area contributed by atoms with Gasteiger partial charge in [0.2, 0.25) is 0 Å². The Kier molecular flexibility index (Phi) is 5.90. The van der Waals surface area contributed by atoms with Crippen LogP contribution >= 0.6 is 0 Å². The number of halogens is 3. The van der Waals surface area contributed by atoms with Gasteiger partial charge in [-0.25, -0.2) is 9.42 Å². The number of ether oxygens (including phenoxy) is 1. The highest BCUT2D eigenvalue weighted by Crippen LogP contribution is 2.35. The maximum Gasteiger partial charge on any atom is 0.416 e. The zero-order valence-corrected chi connectivity index (χ0v) is 18.5. The van der Waals surface area contributed by atoms with E-state index in [4.69, 9.17) is 9.37 Å². The molecule has 7 nitrogen and oxygen atoms in total. The SMILES string of the molecule is CC(C)(C)OC(=O)Nc1ccc(Nc2ccc(C(F)(F)F)cc2)c(-c2ccc3nonc3c2)c1. The van der Waals surface area contributed by atoms with E-state index in [1.807, 2.05) is 0 Å². The number of rotatable bonds is 4. The Balaban J connectivity index is 1.69. The topological polar surface area (TPSA) is 89.3 Å². The van der Waals surface area contributed by atoms with Crippen molar-refractivity contribution in [2.75, 3.05) is 10.6 Å². The number of carbonyl (C=O) groups excluding carboxylic acids is 1. The molecule has 34 heavy (non-hydrogen) atoms. The number of nitrogens with one attached hydrogen (secondary N) is 2. The maximum absolute atomic E-state index is 12.9. The van der Waals surface area contributed by atoms with Crippen molar-refractivity contribution >= 4 is 34.2 Å². The fourth-order valence-corrected chi connectivity index (χ4v) is 3.24. The molecule has 0 bridgehead atoms. The van der Waals surface area contributed by atoms with E-state index in [0.29, 0.717) is 33.7 Å². The standard InChI is InChI=1S/C24H21F3N4O3/c1-23(2,3)33-22(32)29-17-9-11-19(28-16-7-5-15(6-8-16)24(25,26)27)18(13-17)14-4-10-20-21(12-14)31-34-30-20/h4-13,28H,1-3H3,(H,29,32). The van der Waals surface area contributed by atoms with Gasteiger partial charge in [0, 0.05) is 22.6 Å². The second-order valence-corrected chi connectivity index (χ2v) is 8.56. The van der Waals surface area contributed by atoms with E-state index in [-0.39, 0.29) is 0 Å². The van der Waals surface area contributed by atoms with Crippen LogP contribution in [0.2, 0.25) is 0 Å². The Labute approximate surface area is 192 Å². The third kappa shape index (κ3) is 5.45. The molecule has 0 aliphatic rings. The predicted molar refractivity (Wildman–Crippen MR) is 122 cm³/mol. The number of fused-ring (bicyclic) bond motifs is 1. The number of anilines is 3. The molecule has 0 spiro atoms. The molecule has 0 fully saturated rings. The molecule has 3 aromatic carbocycles. The number of hydrogen-bond donors (Lipinski definition) is 2. The van der Waals surface area contributed by atoms with Crippen molar-refractivity contribution in [1.82, 2.24) is 10.3 Å². The number of nitrogens with zero attached hydrogens (tertiary/aromatic N) is 2. The van der Waals surface area contributed by atoms with E-state index in [9.17, 15) is 18.0 Å².